The first-order valence-electron chi connectivity index (χ1n) is 8.96. The molecule has 0 aliphatic heterocycles. The van der Waals surface area contributed by atoms with Crippen molar-refractivity contribution in [1.29, 1.82) is 0 Å². The lowest BCUT2D eigenvalue weighted by Gasteiger charge is -2.19. The van der Waals surface area contributed by atoms with Crippen LogP contribution in [0.3, 0.4) is 0 Å². The lowest BCUT2D eigenvalue weighted by Crippen LogP contribution is -2.31. The second kappa shape index (κ2) is 9.39. The van der Waals surface area contributed by atoms with Crippen LogP contribution < -0.4 is 20.1 Å². The minimum absolute atomic E-state index is 0.0430. The number of amides is 1. The lowest BCUT2D eigenvalue weighted by molar-refractivity contribution is -0.115. The van der Waals surface area contributed by atoms with Gasteiger partial charge in [-0.25, -0.2) is 0 Å². The zero-order valence-electron chi connectivity index (χ0n) is 16.2. The standard InChI is InChI=1S/C22H24N2O3S/c1-15-6-8-16(9-7-15)22(20-5-4-12-28-20)23-14-21(25)24-18-13-17(26-2)10-11-19(18)27-3/h4-13,22-23H,14H2,1-3H3,(H,24,25)/t22-/m0/s1. The van der Waals surface area contributed by atoms with Crippen LogP contribution >= 0.6 is 11.3 Å². The number of hydrogen-bond acceptors (Lipinski definition) is 5. The molecule has 3 rings (SSSR count). The molecule has 0 bridgehead atoms. The minimum atomic E-state index is -0.153. The number of thiophene rings is 1. The van der Waals surface area contributed by atoms with Gasteiger partial charge in [-0.1, -0.05) is 35.9 Å². The Balaban J connectivity index is 1.71. The number of aryl methyl sites for hydroxylation is 1. The van der Waals surface area contributed by atoms with E-state index in [4.69, 9.17) is 9.47 Å². The van der Waals surface area contributed by atoms with Crippen LogP contribution in [0.2, 0.25) is 0 Å². The summed E-state index contributed by atoms with van der Waals surface area (Å²) in [5.41, 5.74) is 2.91. The predicted octanol–water partition coefficient (Wildman–Crippen LogP) is 4.39. The summed E-state index contributed by atoms with van der Waals surface area (Å²) in [6.07, 6.45) is 0. The van der Waals surface area contributed by atoms with Gasteiger partial charge >= 0.3 is 0 Å². The highest BCUT2D eigenvalue weighted by Crippen LogP contribution is 2.29. The summed E-state index contributed by atoms with van der Waals surface area (Å²) in [5.74, 6) is 1.09. The van der Waals surface area contributed by atoms with Crippen molar-refractivity contribution >= 4 is 22.9 Å². The Kier molecular flexibility index (Phi) is 6.68. The summed E-state index contributed by atoms with van der Waals surface area (Å²) < 4.78 is 10.6. The van der Waals surface area contributed by atoms with Gasteiger partial charge in [0.15, 0.2) is 0 Å². The maximum absolute atomic E-state index is 12.6. The predicted molar refractivity (Wildman–Crippen MR) is 114 cm³/mol. The fourth-order valence-corrected chi connectivity index (χ4v) is 3.72. The third kappa shape index (κ3) is 4.91. The van der Waals surface area contributed by atoms with E-state index in [1.165, 1.54) is 5.56 Å². The summed E-state index contributed by atoms with van der Waals surface area (Å²) in [6, 6.07) is 17.7. The molecule has 2 N–H and O–H groups in total. The van der Waals surface area contributed by atoms with Crippen molar-refractivity contribution in [1.82, 2.24) is 5.32 Å². The molecule has 0 aliphatic rings. The van der Waals surface area contributed by atoms with Crippen LogP contribution in [0.25, 0.3) is 0 Å². The molecule has 0 saturated carbocycles. The number of carbonyl (C=O) groups excluding carboxylic acids is 1. The highest BCUT2D eigenvalue weighted by Gasteiger charge is 2.17. The molecule has 5 nitrogen and oxygen atoms in total. The van der Waals surface area contributed by atoms with Gasteiger partial charge in [-0.05, 0) is 36.1 Å². The first kappa shape index (κ1) is 19.9. The zero-order valence-corrected chi connectivity index (χ0v) is 17.0. The highest BCUT2D eigenvalue weighted by molar-refractivity contribution is 7.10. The average molecular weight is 397 g/mol. The van der Waals surface area contributed by atoms with Crippen LogP contribution in [0.4, 0.5) is 5.69 Å². The van der Waals surface area contributed by atoms with Crippen molar-refractivity contribution in [2.75, 3.05) is 26.1 Å². The molecule has 1 aromatic heterocycles. The summed E-state index contributed by atoms with van der Waals surface area (Å²) in [5, 5.41) is 8.31. The zero-order chi connectivity index (χ0) is 19.9. The number of methoxy groups -OCH3 is 2. The van der Waals surface area contributed by atoms with Gasteiger partial charge in [0.2, 0.25) is 5.91 Å². The van der Waals surface area contributed by atoms with E-state index >= 15 is 0 Å². The molecule has 0 aliphatic carbocycles. The molecule has 0 unspecified atom stereocenters. The van der Waals surface area contributed by atoms with Crippen molar-refractivity contribution in [3.8, 4) is 11.5 Å². The Hall–Kier alpha value is -2.83. The molecule has 146 valence electrons. The molecule has 1 amide bonds. The van der Waals surface area contributed by atoms with E-state index in [0.717, 1.165) is 10.4 Å². The normalized spacial score (nSPS) is 11.7. The molecule has 2 aromatic carbocycles. The molecule has 6 heteroatoms. The van der Waals surface area contributed by atoms with E-state index < -0.39 is 0 Å². The number of hydrogen-bond donors (Lipinski definition) is 2. The van der Waals surface area contributed by atoms with Gasteiger partial charge in [0, 0.05) is 10.9 Å². The maximum atomic E-state index is 12.6. The third-order valence-corrected chi connectivity index (χ3v) is 5.32. The summed E-state index contributed by atoms with van der Waals surface area (Å²) in [7, 11) is 3.15. The molecule has 0 saturated heterocycles. The van der Waals surface area contributed by atoms with Crippen LogP contribution in [0.15, 0.2) is 60.0 Å². The number of benzene rings is 2. The number of carbonyl (C=O) groups is 1. The van der Waals surface area contributed by atoms with Crippen LogP contribution in [0.5, 0.6) is 11.5 Å². The Bertz CT molecular complexity index is 908. The number of anilines is 1. The fraction of sp³-hybridized carbons (Fsp3) is 0.227. The van der Waals surface area contributed by atoms with Crippen molar-refractivity contribution in [3.05, 3.63) is 76.0 Å². The van der Waals surface area contributed by atoms with E-state index in [2.05, 4.69) is 47.9 Å². The second-order valence-corrected chi connectivity index (χ2v) is 7.33. The average Bonchev–Trinajstić information content (AvgIpc) is 3.24. The topological polar surface area (TPSA) is 59.6 Å². The van der Waals surface area contributed by atoms with Crippen molar-refractivity contribution in [3.63, 3.8) is 0 Å². The summed E-state index contributed by atoms with van der Waals surface area (Å²) >= 11 is 1.67. The van der Waals surface area contributed by atoms with Crippen LogP contribution in [0, 0.1) is 6.92 Å². The monoisotopic (exact) mass is 396 g/mol. The second-order valence-electron chi connectivity index (χ2n) is 6.35. The van der Waals surface area contributed by atoms with Gasteiger partial charge in [-0.15, -0.1) is 11.3 Å². The molecule has 0 fully saturated rings. The van der Waals surface area contributed by atoms with Gasteiger partial charge in [0.05, 0.1) is 32.5 Å². The number of ether oxygens (including phenoxy) is 2. The van der Waals surface area contributed by atoms with E-state index in [1.54, 1.807) is 43.8 Å². The molecular formula is C22H24N2O3S. The molecule has 28 heavy (non-hydrogen) atoms. The Labute approximate surface area is 169 Å². The molecular weight excluding hydrogens is 372 g/mol. The van der Waals surface area contributed by atoms with E-state index in [0.29, 0.717) is 17.2 Å². The fourth-order valence-electron chi connectivity index (χ4n) is 2.90. The Morgan fingerprint density at radius 2 is 1.86 bits per heavy atom. The van der Waals surface area contributed by atoms with Crippen molar-refractivity contribution in [2.45, 2.75) is 13.0 Å². The highest BCUT2D eigenvalue weighted by atomic mass is 32.1. The van der Waals surface area contributed by atoms with E-state index in [1.807, 2.05) is 11.4 Å². The number of rotatable bonds is 8. The molecule has 0 spiro atoms. The quantitative estimate of drug-likeness (QED) is 0.593. The van der Waals surface area contributed by atoms with Crippen LogP contribution in [-0.2, 0) is 4.79 Å². The third-order valence-electron chi connectivity index (χ3n) is 4.39. The van der Waals surface area contributed by atoms with Crippen LogP contribution in [0.1, 0.15) is 22.0 Å². The first-order valence-corrected chi connectivity index (χ1v) is 9.84. The Morgan fingerprint density at radius 3 is 2.50 bits per heavy atom. The van der Waals surface area contributed by atoms with Gasteiger partial charge in [0.1, 0.15) is 11.5 Å². The molecule has 1 atom stereocenters. The smallest absolute Gasteiger partial charge is 0.238 e. The maximum Gasteiger partial charge on any atom is 0.238 e. The SMILES string of the molecule is COc1ccc(OC)c(NC(=O)CN[C@@H](c2ccc(C)cc2)c2cccs2)c1. The van der Waals surface area contributed by atoms with Crippen molar-refractivity contribution in [2.24, 2.45) is 0 Å². The Morgan fingerprint density at radius 1 is 1.07 bits per heavy atom. The summed E-state index contributed by atoms with van der Waals surface area (Å²) in [6.45, 7) is 2.23. The van der Waals surface area contributed by atoms with Crippen molar-refractivity contribution < 1.29 is 14.3 Å². The molecule has 3 aromatic rings. The van der Waals surface area contributed by atoms with Gasteiger partial charge in [0.25, 0.3) is 0 Å². The first-order chi connectivity index (χ1) is 13.6. The van der Waals surface area contributed by atoms with Gasteiger partial charge < -0.3 is 14.8 Å². The van der Waals surface area contributed by atoms with E-state index in [-0.39, 0.29) is 18.5 Å². The van der Waals surface area contributed by atoms with Gasteiger partial charge in [-0.3, -0.25) is 10.1 Å². The number of nitrogens with one attached hydrogen (secondary N) is 2. The van der Waals surface area contributed by atoms with E-state index in [9.17, 15) is 4.79 Å². The van der Waals surface area contributed by atoms with Gasteiger partial charge in [-0.2, -0.15) is 0 Å². The molecule has 0 radical (unpaired) electrons. The largest absolute Gasteiger partial charge is 0.497 e. The molecule has 1 heterocycles. The minimum Gasteiger partial charge on any atom is -0.497 e. The summed E-state index contributed by atoms with van der Waals surface area (Å²) in [4.78, 5) is 13.7. The lowest BCUT2D eigenvalue weighted by atomic mass is 10.0. The van der Waals surface area contributed by atoms with Crippen LogP contribution in [-0.4, -0.2) is 26.7 Å².